The fraction of sp³-hybridized carbons (Fsp3) is 0.118. The van der Waals surface area contributed by atoms with Gasteiger partial charge in [-0.15, -0.1) is 0 Å². The molecule has 7 heteroatoms. The van der Waals surface area contributed by atoms with E-state index in [1.165, 1.54) is 12.4 Å². The van der Waals surface area contributed by atoms with E-state index in [4.69, 9.17) is 4.42 Å². The van der Waals surface area contributed by atoms with E-state index < -0.39 is 0 Å². The molecular formula is C17H15BrN4O2. The molecule has 1 aromatic carbocycles. The van der Waals surface area contributed by atoms with Gasteiger partial charge in [0, 0.05) is 22.6 Å². The summed E-state index contributed by atoms with van der Waals surface area (Å²) in [5, 5.41) is 5.88. The maximum absolute atomic E-state index is 12.0. The van der Waals surface area contributed by atoms with Gasteiger partial charge in [-0.1, -0.05) is 15.9 Å². The van der Waals surface area contributed by atoms with E-state index >= 15 is 0 Å². The van der Waals surface area contributed by atoms with Crippen LogP contribution >= 0.6 is 15.9 Å². The molecule has 2 aromatic heterocycles. The van der Waals surface area contributed by atoms with Crippen molar-refractivity contribution >= 4 is 33.5 Å². The topological polar surface area (TPSA) is 80.0 Å². The number of hydrogen-bond acceptors (Lipinski definition) is 5. The maximum atomic E-state index is 12.0. The Balaban J connectivity index is 1.63. The Morgan fingerprint density at radius 2 is 2.04 bits per heavy atom. The number of halogens is 1. The quantitative estimate of drug-likeness (QED) is 0.696. The van der Waals surface area contributed by atoms with Crippen molar-refractivity contribution in [1.29, 1.82) is 0 Å². The van der Waals surface area contributed by atoms with Crippen molar-refractivity contribution in [2.24, 2.45) is 0 Å². The number of carbonyl (C=O) groups excluding carboxylic acids is 1. The standard InChI is InChI=1S/C17H15BrN4O2/c1-11-7-13(18)4-5-15(11)22-17-20-8-12(9-21-17)16(23)19-10-14-3-2-6-24-14/h2-9H,10H2,1H3,(H,19,23)(H,20,21,22). The predicted molar refractivity (Wildman–Crippen MR) is 94.1 cm³/mol. The first-order valence-electron chi connectivity index (χ1n) is 7.27. The summed E-state index contributed by atoms with van der Waals surface area (Å²) < 4.78 is 6.17. The SMILES string of the molecule is Cc1cc(Br)ccc1Nc1ncc(C(=O)NCc2ccco2)cn1. The highest BCUT2D eigenvalue weighted by Gasteiger charge is 2.08. The van der Waals surface area contributed by atoms with Crippen LogP contribution in [0.2, 0.25) is 0 Å². The first-order chi connectivity index (χ1) is 11.6. The van der Waals surface area contributed by atoms with Gasteiger partial charge in [-0.3, -0.25) is 4.79 Å². The van der Waals surface area contributed by atoms with Crippen LogP contribution in [0, 0.1) is 6.92 Å². The van der Waals surface area contributed by atoms with Crippen LogP contribution in [0.5, 0.6) is 0 Å². The number of amides is 1. The van der Waals surface area contributed by atoms with Gasteiger partial charge in [-0.05, 0) is 42.8 Å². The molecule has 3 aromatic rings. The zero-order chi connectivity index (χ0) is 16.9. The number of aromatic nitrogens is 2. The average Bonchev–Trinajstić information content (AvgIpc) is 3.09. The van der Waals surface area contributed by atoms with Crippen LogP contribution in [0.3, 0.4) is 0 Å². The van der Waals surface area contributed by atoms with Gasteiger partial charge in [0.2, 0.25) is 5.95 Å². The molecule has 1 amide bonds. The lowest BCUT2D eigenvalue weighted by Gasteiger charge is -2.09. The smallest absolute Gasteiger partial charge is 0.254 e. The predicted octanol–water partition coefficient (Wildman–Crippen LogP) is 3.81. The molecule has 0 aliphatic heterocycles. The molecule has 0 radical (unpaired) electrons. The monoisotopic (exact) mass is 386 g/mol. The molecule has 2 N–H and O–H groups in total. The highest BCUT2D eigenvalue weighted by molar-refractivity contribution is 9.10. The molecule has 2 heterocycles. The Morgan fingerprint density at radius 1 is 1.25 bits per heavy atom. The van der Waals surface area contributed by atoms with E-state index in [2.05, 4.69) is 36.5 Å². The third kappa shape index (κ3) is 3.99. The fourth-order valence-electron chi connectivity index (χ4n) is 2.08. The summed E-state index contributed by atoms with van der Waals surface area (Å²) in [7, 11) is 0. The summed E-state index contributed by atoms with van der Waals surface area (Å²) in [4.78, 5) is 20.4. The highest BCUT2D eigenvalue weighted by atomic mass is 79.9. The summed E-state index contributed by atoms with van der Waals surface area (Å²) in [6.07, 6.45) is 4.54. The first kappa shape index (κ1) is 16.2. The van der Waals surface area contributed by atoms with Crippen LogP contribution in [0.25, 0.3) is 0 Å². The van der Waals surface area contributed by atoms with Crippen LogP contribution in [-0.4, -0.2) is 15.9 Å². The fourth-order valence-corrected chi connectivity index (χ4v) is 2.56. The van der Waals surface area contributed by atoms with Gasteiger partial charge in [-0.25, -0.2) is 9.97 Å². The molecule has 24 heavy (non-hydrogen) atoms. The first-order valence-corrected chi connectivity index (χ1v) is 8.07. The zero-order valence-electron chi connectivity index (χ0n) is 12.9. The van der Waals surface area contributed by atoms with E-state index in [1.54, 1.807) is 18.4 Å². The van der Waals surface area contributed by atoms with Crippen molar-refractivity contribution in [3.05, 3.63) is 70.3 Å². The third-order valence-corrected chi connectivity index (χ3v) is 3.85. The molecule has 3 rings (SSSR count). The van der Waals surface area contributed by atoms with Crippen molar-refractivity contribution in [2.75, 3.05) is 5.32 Å². The van der Waals surface area contributed by atoms with Crippen LogP contribution in [0.4, 0.5) is 11.6 Å². The largest absolute Gasteiger partial charge is 0.467 e. The lowest BCUT2D eigenvalue weighted by atomic mass is 10.2. The number of furan rings is 1. The van der Waals surface area contributed by atoms with E-state index in [0.717, 1.165) is 15.7 Å². The number of carbonyl (C=O) groups is 1. The number of nitrogens with one attached hydrogen (secondary N) is 2. The van der Waals surface area contributed by atoms with Crippen LogP contribution in [0.1, 0.15) is 21.7 Å². The molecule has 6 nitrogen and oxygen atoms in total. The molecule has 0 unspecified atom stereocenters. The van der Waals surface area contributed by atoms with Crippen molar-refractivity contribution < 1.29 is 9.21 Å². The summed E-state index contributed by atoms with van der Waals surface area (Å²) >= 11 is 3.43. The van der Waals surface area contributed by atoms with Gasteiger partial charge >= 0.3 is 0 Å². The number of anilines is 2. The number of aryl methyl sites for hydroxylation is 1. The van der Waals surface area contributed by atoms with Crippen molar-refractivity contribution in [2.45, 2.75) is 13.5 Å². The Morgan fingerprint density at radius 3 is 2.71 bits per heavy atom. The lowest BCUT2D eigenvalue weighted by molar-refractivity contribution is 0.0947. The Labute approximate surface area is 147 Å². The van der Waals surface area contributed by atoms with E-state index in [9.17, 15) is 4.79 Å². The van der Waals surface area contributed by atoms with Gasteiger partial charge in [0.05, 0.1) is 18.4 Å². The Bertz CT molecular complexity index is 832. The second kappa shape index (κ2) is 7.27. The molecule has 0 fully saturated rings. The van der Waals surface area contributed by atoms with Gasteiger partial charge in [0.25, 0.3) is 5.91 Å². The Hall–Kier alpha value is -2.67. The lowest BCUT2D eigenvalue weighted by Crippen LogP contribution is -2.23. The van der Waals surface area contributed by atoms with Crippen LogP contribution < -0.4 is 10.6 Å². The second-order valence-electron chi connectivity index (χ2n) is 5.14. The summed E-state index contributed by atoms with van der Waals surface area (Å²) in [5.74, 6) is 0.869. The molecule has 0 aliphatic carbocycles. The van der Waals surface area contributed by atoms with E-state index in [0.29, 0.717) is 23.8 Å². The molecule has 0 saturated carbocycles. The minimum Gasteiger partial charge on any atom is -0.467 e. The van der Waals surface area contributed by atoms with Crippen molar-refractivity contribution in [1.82, 2.24) is 15.3 Å². The average molecular weight is 387 g/mol. The molecule has 0 atom stereocenters. The second-order valence-corrected chi connectivity index (χ2v) is 6.06. The summed E-state index contributed by atoms with van der Waals surface area (Å²) in [6, 6.07) is 9.44. The minimum atomic E-state index is -0.252. The van der Waals surface area contributed by atoms with Gasteiger partial charge in [0.1, 0.15) is 5.76 Å². The Kier molecular flexibility index (Phi) is 4.90. The number of hydrogen-bond donors (Lipinski definition) is 2. The van der Waals surface area contributed by atoms with Gasteiger partial charge < -0.3 is 15.1 Å². The minimum absolute atomic E-state index is 0.252. The highest BCUT2D eigenvalue weighted by Crippen LogP contribution is 2.22. The van der Waals surface area contributed by atoms with Crippen LogP contribution in [-0.2, 0) is 6.54 Å². The molecule has 0 spiro atoms. The number of benzene rings is 1. The van der Waals surface area contributed by atoms with Crippen molar-refractivity contribution in [3.63, 3.8) is 0 Å². The molecule has 0 bridgehead atoms. The van der Waals surface area contributed by atoms with Gasteiger partial charge in [0.15, 0.2) is 0 Å². The van der Waals surface area contributed by atoms with E-state index in [-0.39, 0.29) is 5.91 Å². The third-order valence-electron chi connectivity index (χ3n) is 3.35. The summed E-state index contributed by atoms with van der Waals surface area (Å²) in [6.45, 7) is 2.31. The van der Waals surface area contributed by atoms with Crippen molar-refractivity contribution in [3.8, 4) is 0 Å². The van der Waals surface area contributed by atoms with Gasteiger partial charge in [-0.2, -0.15) is 0 Å². The number of rotatable bonds is 5. The van der Waals surface area contributed by atoms with E-state index in [1.807, 2.05) is 25.1 Å². The zero-order valence-corrected chi connectivity index (χ0v) is 14.5. The van der Waals surface area contributed by atoms with Crippen LogP contribution in [0.15, 0.2) is 57.9 Å². The molecule has 0 saturated heterocycles. The molecule has 0 aliphatic rings. The number of nitrogens with zero attached hydrogens (tertiary/aromatic N) is 2. The maximum Gasteiger partial charge on any atom is 0.254 e. The normalized spacial score (nSPS) is 10.4. The molecule has 122 valence electrons. The molecular weight excluding hydrogens is 372 g/mol. The summed E-state index contributed by atoms with van der Waals surface area (Å²) in [5.41, 5.74) is 2.36.